The third-order valence-electron chi connectivity index (χ3n) is 13.5. The molecule has 71 heavy (non-hydrogen) atoms. The van der Waals surface area contributed by atoms with Gasteiger partial charge < -0.3 is 51.3 Å². The van der Waals surface area contributed by atoms with Crippen molar-refractivity contribution in [1.82, 2.24) is 50.6 Å². The Morgan fingerprint density at radius 2 is 1.66 bits per heavy atom. The van der Waals surface area contributed by atoms with Gasteiger partial charge in [-0.25, -0.2) is 15.0 Å². The number of nitrogens with two attached hydrogens (primary N) is 1. The van der Waals surface area contributed by atoms with Crippen LogP contribution in [0.4, 0.5) is 11.5 Å². The van der Waals surface area contributed by atoms with Crippen LogP contribution in [0.2, 0.25) is 5.02 Å². The number of piperazine rings is 1. The first-order valence-corrected chi connectivity index (χ1v) is 25.1. The van der Waals surface area contributed by atoms with Gasteiger partial charge in [0.05, 0.1) is 62.2 Å². The number of benzene rings is 2. The highest BCUT2D eigenvalue weighted by Crippen LogP contribution is 2.30. The highest BCUT2D eigenvalue weighted by molar-refractivity contribution is 6.30. The van der Waals surface area contributed by atoms with Crippen LogP contribution < -0.4 is 31.9 Å². The standard InChI is InChI=1S/C51H66ClN13O6/c1-2-36-4-3-5-38(30-36)39-31-43(60-44(66)34-63-24-28-71-29-25-63)46(57-32-39)49(68)56-16-27-70-26-15-54-33-45(67)64-22-20-62(21-23-64)17-11-42(37-6-8-40(52)9-7-37)61-50(69)51(53)12-18-65(19-13-51)48-41-10-14-55-47(41)58-35-59-48/h3-10,14,30-32,35,42,54H,2,11-13,15-29,33-34,53H2,1H3,(H,56,68)(H,60,66)(H,61,69)(H,55,58,59)/t42-/m0/s1. The second-order valence-corrected chi connectivity index (χ2v) is 18.8. The Bertz CT molecular complexity index is 2580. The number of hydrogen-bond acceptors (Lipinski definition) is 14. The normalized spacial score (nSPS) is 16.9. The van der Waals surface area contributed by atoms with Crippen molar-refractivity contribution in [2.45, 2.75) is 44.2 Å². The van der Waals surface area contributed by atoms with Gasteiger partial charge in [0.25, 0.3) is 5.91 Å². The molecule has 0 spiro atoms. The van der Waals surface area contributed by atoms with Crippen LogP contribution in [0.1, 0.15) is 53.8 Å². The van der Waals surface area contributed by atoms with Crippen molar-refractivity contribution in [2.75, 3.05) is 122 Å². The summed E-state index contributed by atoms with van der Waals surface area (Å²) in [5.41, 5.74) is 10.9. The molecule has 0 radical (unpaired) electrons. The predicted octanol–water partition coefficient (Wildman–Crippen LogP) is 3.23. The van der Waals surface area contributed by atoms with Crippen molar-refractivity contribution in [2.24, 2.45) is 5.73 Å². The molecule has 3 aliphatic rings. The number of amides is 4. The van der Waals surface area contributed by atoms with Crippen molar-refractivity contribution >= 4 is 57.8 Å². The molecule has 19 nitrogen and oxygen atoms in total. The zero-order valence-electron chi connectivity index (χ0n) is 40.5. The highest BCUT2D eigenvalue weighted by Gasteiger charge is 2.39. The lowest BCUT2D eigenvalue weighted by molar-refractivity contribution is -0.132. The van der Waals surface area contributed by atoms with Gasteiger partial charge in [0.2, 0.25) is 17.7 Å². The van der Waals surface area contributed by atoms with Crippen molar-refractivity contribution in [1.29, 1.82) is 0 Å². The zero-order chi connectivity index (χ0) is 49.6. The molecule has 0 aliphatic carbocycles. The smallest absolute Gasteiger partial charge is 0.272 e. The van der Waals surface area contributed by atoms with E-state index in [1.807, 2.05) is 58.5 Å². The molecule has 2 aromatic carbocycles. The monoisotopic (exact) mass is 991 g/mol. The Balaban J connectivity index is 0.733. The van der Waals surface area contributed by atoms with E-state index in [2.05, 4.69) is 70.1 Å². The molecule has 5 aromatic rings. The molecule has 0 saturated carbocycles. The van der Waals surface area contributed by atoms with Crippen LogP contribution in [0.3, 0.4) is 0 Å². The number of nitrogens with zero attached hydrogens (tertiary/aromatic N) is 7. The van der Waals surface area contributed by atoms with Gasteiger partial charge in [0.1, 0.15) is 17.8 Å². The van der Waals surface area contributed by atoms with E-state index in [0.29, 0.717) is 109 Å². The topological polar surface area (TPSA) is 228 Å². The number of aromatic amines is 1. The Morgan fingerprint density at radius 3 is 2.44 bits per heavy atom. The van der Waals surface area contributed by atoms with Crippen molar-refractivity contribution in [3.8, 4) is 11.1 Å². The maximum Gasteiger partial charge on any atom is 0.272 e. The largest absolute Gasteiger partial charge is 0.379 e. The first kappa shape index (κ1) is 51.3. The fourth-order valence-electron chi connectivity index (χ4n) is 9.20. The zero-order valence-corrected chi connectivity index (χ0v) is 41.2. The summed E-state index contributed by atoms with van der Waals surface area (Å²) in [5, 5.41) is 13.8. The summed E-state index contributed by atoms with van der Waals surface area (Å²) in [5.74, 6) is 0.0260. The maximum atomic E-state index is 13.9. The number of hydrogen-bond donors (Lipinski definition) is 6. The molecule has 6 heterocycles. The van der Waals surface area contributed by atoms with Crippen LogP contribution in [0.25, 0.3) is 22.2 Å². The highest BCUT2D eigenvalue weighted by atomic mass is 35.5. The summed E-state index contributed by atoms with van der Waals surface area (Å²) in [6.45, 7) is 10.7. The molecule has 3 aromatic heterocycles. The first-order valence-electron chi connectivity index (χ1n) is 24.7. The second-order valence-electron chi connectivity index (χ2n) is 18.3. The molecule has 20 heteroatoms. The van der Waals surface area contributed by atoms with Crippen LogP contribution in [-0.4, -0.2) is 175 Å². The van der Waals surface area contributed by atoms with E-state index in [-0.39, 0.29) is 55.7 Å². The van der Waals surface area contributed by atoms with E-state index >= 15 is 0 Å². The Morgan fingerprint density at radius 1 is 0.887 bits per heavy atom. The van der Waals surface area contributed by atoms with Gasteiger partial charge in [-0.1, -0.05) is 54.9 Å². The molecule has 4 amide bonds. The number of aromatic nitrogens is 4. The lowest BCUT2D eigenvalue weighted by Gasteiger charge is -2.39. The molecule has 7 N–H and O–H groups in total. The molecule has 0 bridgehead atoms. The average Bonchev–Trinajstić information content (AvgIpc) is 3.89. The van der Waals surface area contributed by atoms with Gasteiger partial charge in [-0.05, 0) is 66.6 Å². The molecular formula is C51H66ClN13O6. The Labute approximate surface area is 419 Å². The van der Waals surface area contributed by atoms with Gasteiger partial charge >= 0.3 is 0 Å². The summed E-state index contributed by atoms with van der Waals surface area (Å²) in [6.07, 6.45) is 7.54. The van der Waals surface area contributed by atoms with Gasteiger partial charge in [0.15, 0.2) is 5.69 Å². The average molecular weight is 993 g/mol. The van der Waals surface area contributed by atoms with Crippen LogP contribution in [0.15, 0.2) is 79.4 Å². The molecule has 3 saturated heterocycles. The minimum Gasteiger partial charge on any atom is -0.379 e. The van der Waals surface area contributed by atoms with Crippen molar-refractivity contribution < 1.29 is 28.7 Å². The van der Waals surface area contributed by atoms with Crippen LogP contribution >= 0.6 is 11.6 Å². The number of pyridine rings is 1. The van der Waals surface area contributed by atoms with E-state index in [1.54, 1.807) is 18.6 Å². The van der Waals surface area contributed by atoms with Crippen LogP contribution in [-0.2, 0) is 30.3 Å². The van der Waals surface area contributed by atoms with Gasteiger partial charge in [0, 0.05) is 95.0 Å². The summed E-state index contributed by atoms with van der Waals surface area (Å²) < 4.78 is 11.2. The number of carbonyl (C=O) groups excluding carboxylic acids is 4. The molecule has 3 aliphatic heterocycles. The first-order chi connectivity index (χ1) is 34.5. The number of carbonyl (C=O) groups is 4. The minimum atomic E-state index is -1.03. The SMILES string of the molecule is CCc1cccc(-c2cnc(C(=O)NCCOCCNCC(=O)N3CCN(CC[C@H](NC(=O)C4(N)CCN(c5ncnc6[nH]ccc56)CC4)c4ccc(Cl)cc4)CC3)c(NC(=O)CN3CCOCC3)c2)c1. The fourth-order valence-corrected chi connectivity index (χ4v) is 9.33. The van der Waals surface area contributed by atoms with Crippen molar-refractivity contribution in [3.05, 3.63) is 101 Å². The van der Waals surface area contributed by atoms with Gasteiger partial charge in [-0.2, -0.15) is 0 Å². The number of anilines is 2. The number of halogens is 1. The van der Waals surface area contributed by atoms with E-state index in [9.17, 15) is 19.2 Å². The van der Waals surface area contributed by atoms with Gasteiger partial charge in [-0.15, -0.1) is 0 Å². The lowest BCUT2D eigenvalue weighted by atomic mass is 9.87. The number of nitrogens with one attached hydrogen (secondary N) is 5. The molecule has 0 unspecified atom stereocenters. The quantitative estimate of drug-likeness (QED) is 0.0581. The number of piperidine rings is 1. The maximum absolute atomic E-state index is 13.9. The number of fused-ring (bicyclic) bond motifs is 1. The number of rotatable bonds is 21. The van der Waals surface area contributed by atoms with Crippen molar-refractivity contribution in [3.63, 3.8) is 0 Å². The number of aryl methyl sites for hydroxylation is 1. The molecule has 3 fully saturated rings. The molecule has 378 valence electrons. The minimum absolute atomic E-state index is 0.0177. The third kappa shape index (κ3) is 13.9. The van der Waals surface area contributed by atoms with E-state index in [1.165, 1.54) is 5.56 Å². The van der Waals surface area contributed by atoms with E-state index < -0.39 is 11.4 Å². The van der Waals surface area contributed by atoms with Crippen LogP contribution in [0.5, 0.6) is 0 Å². The third-order valence-corrected chi connectivity index (χ3v) is 13.8. The van der Waals surface area contributed by atoms with E-state index in [4.69, 9.17) is 26.8 Å². The molecule has 1 atom stereocenters. The second kappa shape index (κ2) is 24.9. The van der Waals surface area contributed by atoms with Gasteiger partial charge in [-0.3, -0.25) is 29.0 Å². The number of ether oxygens (including phenoxy) is 2. The molecular weight excluding hydrogens is 926 g/mol. The Kier molecular flexibility index (Phi) is 18.0. The molecule has 8 rings (SSSR count). The number of H-pyrrole nitrogens is 1. The summed E-state index contributed by atoms with van der Waals surface area (Å²) in [6, 6.07) is 19.2. The fraction of sp³-hybridized carbons (Fsp3) is 0.471. The number of morpholine rings is 1. The Hall–Kier alpha value is -6.06. The summed E-state index contributed by atoms with van der Waals surface area (Å²) in [4.78, 5) is 78.4. The van der Waals surface area contributed by atoms with E-state index in [0.717, 1.165) is 46.5 Å². The predicted molar refractivity (Wildman–Crippen MR) is 273 cm³/mol. The summed E-state index contributed by atoms with van der Waals surface area (Å²) in [7, 11) is 0. The summed E-state index contributed by atoms with van der Waals surface area (Å²) >= 11 is 6.25. The van der Waals surface area contributed by atoms with Crippen LogP contribution in [0, 0.1) is 0 Å². The lowest BCUT2D eigenvalue weighted by Crippen LogP contribution is -2.60.